The van der Waals surface area contributed by atoms with E-state index in [9.17, 15) is 14.9 Å². The first kappa shape index (κ1) is 16.3. The SMILES string of the molecule is Cc1ccc([N+](=O)[O-])c(C)c1OCC(=O)N1CCC(C)CC1. The Bertz CT molecular complexity index is 578. The fourth-order valence-electron chi connectivity index (χ4n) is 2.72. The Morgan fingerprint density at radius 1 is 1.36 bits per heavy atom. The number of ether oxygens (including phenoxy) is 1. The van der Waals surface area contributed by atoms with Gasteiger partial charge in [-0.15, -0.1) is 0 Å². The highest BCUT2D eigenvalue weighted by atomic mass is 16.6. The Kier molecular flexibility index (Phi) is 5.00. The molecule has 22 heavy (non-hydrogen) atoms. The topological polar surface area (TPSA) is 72.7 Å². The van der Waals surface area contributed by atoms with Gasteiger partial charge in [-0.3, -0.25) is 14.9 Å². The predicted octanol–water partition coefficient (Wildman–Crippen LogP) is 2.85. The molecule has 0 spiro atoms. The van der Waals surface area contributed by atoms with Crippen LogP contribution in [-0.4, -0.2) is 35.4 Å². The third-order valence-electron chi connectivity index (χ3n) is 4.25. The highest BCUT2D eigenvalue weighted by Gasteiger charge is 2.22. The van der Waals surface area contributed by atoms with Gasteiger partial charge in [-0.05, 0) is 44.2 Å². The molecule has 2 rings (SSSR count). The monoisotopic (exact) mass is 306 g/mol. The van der Waals surface area contributed by atoms with Gasteiger partial charge < -0.3 is 9.64 Å². The molecule has 6 heteroatoms. The zero-order valence-corrected chi connectivity index (χ0v) is 13.3. The van der Waals surface area contributed by atoms with Gasteiger partial charge in [0.15, 0.2) is 6.61 Å². The Morgan fingerprint density at radius 3 is 2.59 bits per heavy atom. The van der Waals surface area contributed by atoms with Crippen molar-refractivity contribution < 1.29 is 14.5 Å². The van der Waals surface area contributed by atoms with Crippen LogP contribution in [0.4, 0.5) is 5.69 Å². The van der Waals surface area contributed by atoms with Gasteiger partial charge in [0.2, 0.25) is 0 Å². The van der Waals surface area contributed by atoms with Gasteiger partial charge in [0.25, 0.3) is 11.6 Å². The summed E-state index contributed by atoms with van der Waals surface area (Å²) in [5.74, 6) is 1.04. The molecule has 0 saturated carbocycles. The van der Waals surface area contributed by atoms with Crippen molar-refractivity contribution in [2.75, 3.05) is 19.7 Å². The average Bonchev–Trinajstić information content (AvgIpc) is 2.47. The fourth-order valence-corrected chi connectivity index (χ4v) is 2.72. The molecule has 1 saturated heterocycles. The number of hydrogen-bond donors (Lipinski definition) is 0. The second kappa shape index (κ2) is 6.77. The van der Waals surface area contributed by atoms with Crippen molar-refractivity contribution in [1.82, 2.24) is 4.90 Å². The molecule has 0 N–H and O–H groups in total. The standard InChI is InChI=1S/C16H22N2O4/c1-11-6-8-17(9-7-11)15(19)10-22-16-12(2)4-5-14(13(16)3)18(20)21/h4-5,11H,6-10H2,1-3H3. The zero-order valence-electron chi connectivity index (χ0n) is 13.3. The van der Waals surface area contributed by atoms with Crippen LogP contribution in [0.5, 0.6) is 5.75 Å². The molecule has 0 radical (unpaired) electrons. The van der Waals surface area contributed by atoms with Crippen molar-refractivity contribution in [3.05, 3.63) is 33.4 Å². The molecule has 0 unspecified atom stereocenters. The molecule has 120 valence electrons. The number of carbonyl (C=O) groups excluding carboxylic acids is 1. The smallest absolute Gasteiger partial charge is 0.276 e. The summed E-state index contributed by atoms with van der Waals surface area (Å²) in [6.45, 7) is 7.10. The lowest BCUT2D eigenvalue weighted by Gasteiger charge is -2.30. The van der Waals surface area contributed by atoms with E-state index < -0.39 is 4.92 Å². The van der Waals surface area contributed by atoms with Crippen LogP contribution in [0.1, 0.15) is 30.9 Å². The first-order valence-electron chi connectivity index (χ1n) is 7.55. The number of nitro groups is 1. The van der Waals surface area contributed by atoms with Crippen LogP contribution >= 0.6 is 0 Å². The molecule has 0 bridgehead atoms. The molecule has 1 aliphatic heterocycles. The number of rotatable bonds is 4. The Hall–Kier alpha value is -2.11. The van der Waals surface area contributed by atoms with E-state index in [4.69, 9.17) is 4.74 Å². The average molecular weight is 306 g/mol. The molecule has 0 aliphatic carbocycles. The van der Waals surface area contributed by atoms with Crippen molar-refractivity contribution in [3.63, 3.8) is 0 Å². The lowest BCUT2D eigenvalue weighted by Crippen LogP contribution is -2.40. The fraction of sp³-hybridized carbons (Fsp3) is 0.562. The van der Waals surface area contributed by atoms with Crippen LogP contribution in [0.3, 0.4) is 0 Å². The summed E-state index contributed by atoms with van der Waals surface area (Å²) in [4.78, 5) is 24.5. The largest absolute Gasteiger partial charge is 0.483 e. The number of aryl methyl sites for hydroxylation is 1. The van der Waals surface area contributed by atoms with Gasteiger partial charge in [0.05, 0.1) is 10.5 Å². The van der Waals surface area contributed by atoms with E-state index in [0.29, 0.717) is 17.2 Å². The van der Waals surface area contributed by atoms with Gasteiger partial charge in [0, 0.05) is 19.2 Å². The molecule has 1 aromatic carbocycles. The summed E-state index contributed by atoms with van der Waals surface area (Å²) in [5.41, 5.74) is 1.27. The minimum Gasteiger partial charge on any atom is -0.483 e. The summed E-state index contributed by atoms with van der Waals surface area (Å²) in [6, 6.07) is 3.11. The number of likely N-dealkylation sites (tertiary alicyclic amines) is 1. The van der Waals surface area contributed by atoms with Crippen molar-refractivity contribution in [2.45, 2.75) is 33.6 Å². The summed E-state index contributed by atoms with van der Waals surface area (Å²) in [5, 5.41) is 11.0. The molecular weight excluding hydrogens is 284 g/mol. The molecular formula is C16H22N2O4. The molecule has 6 nitrogen and oxygen atoms in total. The maximum absolute atomic E-state index is 12.2. The van der Waals surface area contributed by atoms with Crippen molar-refractivity contribution >= 4 is 11.6 Å². The van der Waals surface area contributed by atoms with Crippen LogP contribution in [0.2, 0.25) is 0 Å². The van der Waals surface area contributed by atoms with Crippen molar-refractivity contribution in [3.8, 4) is 5.75 Å². The summed E-state index contributed by atoms with van der Waals surface area (Å²) in [7, 11) is 0. The van der Waals surface area contributed by atoms with Gasteiger partial charge in [-0.25, -0.2) is 0 Å². The van der Waals surface area contributed by atoms with E-state index in [2.05, 4.69) is 6.92 Å². The van der Waals surface area contributed by atoms with Crippen LogP contribution in [0.15, 0.2) is 12.1 Å². The van der Waals surface area contributed by atoms with Crippen molar-refractivity contribution in [1.29, 1.82) is 0 Å². The maximum Gasteiger partial charge on any atom is 0.276 e. The van der Waals surface area contributed by atoms with E-state index in [1.807, 2.05) is 11.8 Å². The number of hydrogen-bond acceptors (Lipinski definition) is 4. The summed E-state index contributed by atoms with van der Waals surface area (Å²) < 4.78 is 5.60. The number of nitro benzene ring substituents is 1. The molecule has 1 amide bonds. The van der Waals surface area contributed by atoms with E-state index in [1.54, 1.807) is 13.0 Å². The maximum atomic E-state index is 12.2. The van der Waals surface area contributed by atoms with Crippen LogP contribution in [-0.2, 0) is 4.79 Å². The highest BCUT2D eigenvalue weighted by molar-refractivity contribution is 5.78. The second-order valence-corrected chi connectivity index (χ2v) is 5.96. The number of carbonyl (C=O) groups is 1. The molecule has 1 aliphatic rings. The minimum atomic E-state index is -0.435. The Morgan fingerprint density at radius 2 is 2.00 bits per heavy atom. The van der Waals surface area contributed by atoms with Gasteiger partial charge in [-0.2, -0.15) is 0 Å². The van der Waals surface area contributed by atoms with Gasteiger partial charge in [-0.1, -0.05) is 6.92 Å². The Balaban J connectivity index is 2.03. The van der Waals surface area contributed by atoms with E-state index in [-0.39, 0.29) is 18.2 Å². The first-order chi connectivity index (χ1) is 10.4. The summed E-state index contributed by atoms with van der Waals surface area (Å²) >= 11 is 0. The molecule has 1 fully saturated rings. The molecule has 1 heterocycles. The van der Waals surface area contributed by atoms with Gasteiger partial charge in [0.1, 0.15) is 5.75 Å². The molecule has 0 atom stereocenters. The zero-order chi connectivity index (χ0) is 16.3. The lowest BCUT2D eigenvalue weighted by atomic mass is 9.99. The number of nitrogens with zero attached hydrogens (tertiary/aromatic N) is 2. The summed E-state index contributed by atoms with van der Waals surface area (Å²) in [6.07, 6.45) is 2.03. The predicted molar refractivity (Wildman–Crippen MR) is 83.0 cm³/mol. The highest BCUT2D eigenvalue weighted by Crippen LogP contribution is 2.30. The first-order valence-corrected chi connectivity index (χ1v) is 7.55. The van der Waals surface area contributed by atoms with Crippen LogP contribution < -0.4 is 4.74 Å². The van der Waals surface area contributed by atoms with E-state index >= 15 is 0 Å². The Labute approximate surface area is 130 Å². The van der Waals surface area contributed by atoms with Crippen LogP contribution in [0, 0.1) is 29.9 Å². The minimum absolute atomic E-state index is 0.0137. The number of amides is 1. The third-order valence-corrected chi connectivity index (χ3v) is 4.25. The third kappa shape index (κ3) is 3.55. The van der Waals surface area contributed by atoms with Crippen molar-refractivity contribution in [2.24, 2.45) is 5.92 Å². The van der Waals surface area contributed by atoms with E-state index in [0.717, 1.165) is 31.5 Å². The number of benzene rings is 1. The molecule has 1 aromatic rings. The quantitative estimate of drug-likeness (QED) is 0.633. The van der Waals surface area contributed by atoms with E-state index in [1.165, 1.54) is 6.07 Å². The lowest BCUT2D eigenvalue weighted by molar-refractivity contribution is -0.385. The second-order valence-electron chi connectivity index (χ2n) is 5.96. The number of piperidine rings is 1. The normalized spacial score (nSPS) is 15.7. The molecule has 0 aromatic heterocycles. The van der Waals surface area contributed by atoms with Crippen LogP contribution in [0.25, 0.3) is 0 Å². The van der Waals surface area contributed by atoms with Gasteiger partial charge >= 0.3 is 0 Å².